The molecule has 0 aliphatic rings. The van der Waals surface area contributed by atoms with Crippen molar-refractivity contribution in [3.63, 3.8) is 0 Å². The van der Waals surface area contributed by atoms with Gasteiger partial charge in [-0.1, -0.05) is 13.0 Å². The molecule has 0 saturated heterocycles. The molecule has 0 amide bonds. The lowest BCUT2D eigenvalue weighted by Gasteiger charge is -2.26. The van der Waals surface area contributed by atoms with Crippen molar-refractivity contribution < 1.29 is 13.0 Å². The number of nitrogens with zero attached hydrogens (tertiary/aromatic N) is 4. The Labute approximate surface area is 134 Å². The SMILES string of the molecule is CCC(c1ccncc1)N(C)S(=O)(=O)c1cccc2nonc12. The van der Waals surface area contributed by atoms with Crippen LogP contribution < -0.4 is 0 Å². The van der Waals surface area contributed by atoms with Crippen molar-refractivity contribution in [1.29, 1.82) is 0 Å². The highest BCUT2D eigenvalue weighted by atomic mass is 32.2. The van der Waals surface area contributed by atoms with Crippen LogP contribution in [0.3, 0.4) is 0 Å². The van der Waals surface area contributed by atoms with Gasteiger partial charge < -0.3 is 0 Å². The number of hydrogen-bond acceptors (Lipinski definition) is 6. The van der Waals surface area contributed by atoms with Gasteiger partial charge >= 0.3 is 0 Å². The topological polar surface area (TPSA) is 89.2 Å². The van der Waals surface area contributed by atoms with E-state index in [1.807, 2.05) is 19.1 Å². The number of benzene rings is 1. The molecule has 0 aliphatic carbocycles. The summed E-state index contributed by atoms with van der Waals surface area (Å²) in [5.74, 6) is 0. The summed E-state index contributed by atoms with van der Waals surface area (Å²) in [5.41, 5.74) is 1.54. The Hall–Kier alpha value is -2.32. The summed E-state index contributed by atoms with van der Waals surface area (Å²) in [6.07, 6.45) is 3.94. The summed E-state index contributed by atoms with van der Waals surface area (Å²) in [6.45, 7) is 1.94. The maximum atomic E-state index is 13.0. The lowest BCUT2D eigenvalue weighted by molar-refractivity contribution is 0.314. The van der Waals surface area contributed by atoms with Crippen molar-refractivity contribution in [1.82, 2.24) is 19.6 Å². The molecular formula is C15H16N4O3S. The largest absolute Gasteiger partial charge is 0.265 e. The van der Waals surface area contributed by atoms with Crippen molar-refractivity contribution in [2.75, 3.05) is 7.05 Å². The van der Waals surface area contributed by atoms with Crippen LogP contribution in [-0.4, -0.2) is 35.1 Å². The maximum absolute atomic E-state index is 13.0. The van der Waals surface area contributed by atoms with E-state index in [2.05, 4.69) is 19.9 Å². The molecule has 23 heavy (non-hydrogen) atoms. The van der Waals surface area contributed by atoms with Crippen molar-refractivity contribution in [3.8, 4) is 0 Å². The predicted octanol–water partition coefficient (Wildman–Crippen LogP) is 2.39. The standard InChI is InChI=1S/C15H16N4O3S/c1-3-13(11-7-9-16-10-8-11)19(2)23(20,21)14-6-4-5-12-15(14)18-22-17-12/h4-10,13H,3H2,1-2H3. The first-order valence-corrected chi connectivity index (χ1v) is 8.59. The van der Waals surface area contributed by atoms with E-state index in [1.54, 1.807) is 31.6 Å². The van der Waals surface area contributed by atoms with Crippen molar-refractivity contribution >= 4 is 21.1 Å². The van der Waals surface area contributed by atoms with Crippen LogP contribution in [0.5, 0.6) is 0 Å². The lowest BCUT2D eigenvalue weighted by Crippen LogP contribution is -2.31. The first-order chi connectivity index (χ1) is 11.1. The molecule has 0 spiro atoms. The summed E-state index contributed by atoms with van der Waals surface area (Å²) < 4.78 is 32.1. The van der Waals surface area contributed by atoms with Gasteiger partial charge in [-0.25, -0.2) is 13.0 Å². The summed E-state index contributed by atoms with van der Waals surface area (Å²) in [6, 6.07) is 8.14. The molecule has 3 aromatic rings. The fourth-order valence-corrected chi connectivity index (χ4v) is 4.15. The third-order valence-corrected chi connectivity index (χ3v) is 5.72. The smallest absolute Gasteiger partial charge is 0.245 e. The molecule has 1 unspecified atom stereocenters. The van der Waals surface area contributed by atoms with E-state index in [9.17, 15) is 8.42 Å². The molecule has 1 atom stereocenters. The highest BCUT2D eigenvalue weighted by Crippen LogP contribution is 2.30. The molecular weight excluding hydrogens is 316 g/mol. The number of aromatic nitrogens is 3. The number of hydrogen-bond donors (Lipinski definition) is 0. The Kier molecular flexibility index (Phi) is 4.10. The van der Waals surface area contributed by atoms with E-state index in [0.29, 0.717) is 11.9 Å². The Morgan fingerprint density at radius 2 is 1.91 bits per heavy atom. The molecule has 0 aliphatic heterocycles. The van der Waals surface area contributed by atoms with Gasteiger partial charge in [-0.2, -0.15) is 4.31 Å². The van der Waals surface area contributed by atoms with E-state index >= 15 is 0 Å². The molecule has 0 N–H and O–H groups in total. The third kappa shape index (κ3) is 2.71. The van der Waals surface area contributed by atoms with E-state index in [0.717, 1.165) is 5.56 Å². The maximum Gasteiger partial charge on any atom is 0.245 e. The van der Waals surface area contributed by atoms with E-state index < -0.39 is 10.0 Å². The molecule has 0 saturated carbocycles. The monoisotopic (exact) mass is 332 g/mol. The van der Waals surface area contributed by atoms with Gasteiger partial charge in [0.2, 0.25) is 10.0 Å². The zero-order valence-electron chi connectivity index (χ0n) is 12.7. The second kappa shape index (κ2) is 6.05. The average Bonchev–Trinajstić information content (AvgIpc) is 3.04. The average molecular weight is 332 g/mol. The predicted molar refractivity (Wildman–Crippen MR) is 84.0 cm³/mol. The van der Waals surface area contributed by atoms with Crippen LogP contribution in [0.25, 0.3) is 11.0 Å². The molecule has 0 fully saturated rings. The van der Waals surface area contributed by atoms with Gasteiger partial charge in [0.25, 0.3) is 0 Å². The molecule has 2 aromatic heterocycles. The Bertz CT molecular complexity index is 909. The second-order valence-corrected chi connectivity index (χ2v) is 7.08. The van der Waals surface area contributed by atoms with E-state index in [-0.39, 0.29) is 16.5 Å². The molecule has 7 nitrogen and oxygen atoms in total. The highest BCUT2D eigenvalue weighted by Gasteiger charge is 2.30. The first kappa shape index (κ1) is 15.6. The van der Waals surface area contributed by atoms with Crippen molar-refractivity contribution in [2.24, 2.45) is 0 Å². The molecule has 0 radical (unpaired) electrons. The first-order valence-electron chi connectivity index (χ1n) is 7.15. The molecule has 0 bridgehead atoms. The second-order valence-electron chi connectivity index (χ2n) is 5.11. The summed E-state index contributed by atoms with van der Waals surface area (Å²) in [4.78, 5) is 4.07. The van der Waals surface area contributed by atoms with Gasteiger partial charge in [0.1, 0.15) is 10.4 Å². The minimum atomic E-state index is -3.74. The minimum absolute atomic E-state index is 0.0891. The number of rotatable bonds is 5. The lowest BCUT2D eigenvalue weighted by atomic mass is 10.1. The zero-order valence-corrected chi connectivity index (χ0v) is 13.6. The fourth-order valence-electron chi connectivity index (χ4n) is 2.60. The van der Waals surface area contributed by atoms with Crippen LogP contribution in [0.2, 0.25) is 0 Å². The van der Waals surface area contributed by atoms with Gasteiger partial charge in [-0.05, 0) is 46.6 Å². The van der Waals surface area contributed by atoms with Gasteiger partial charge in [-0.15, -0.1) is 0 Å². The quantitative estimate of drug-likeness (QED) is 0.712. The summed E-state index contributed by atoms with van der Waals surface area (Å²) in [5, 5.41) is 7.42. The zero-order chi connectivity index (χ0) is 16.4. The number of pyridine rings is 1. The van der Waals surface area contributed by atoms with E-state index in [4.69, 9.17) is 0 Å². The molecule has 1 aromatic carbocycles. The fraction of sp³-hybridized carbons (Fsp3) is 0.267. The molecule has 120 valence electrons. The third-order valence-electron chi connectivity index (χ3n) is 3.82. The van der Waals surface area contributed by atoms with Crippen molar-refractivity contribution in [3.05, 3.63) is 48.3 Å². The Morgan fingerprint density at radius 3 is 2.61 bits per heavy atom. The van der Waals surface area contributed by atoms with Gasteiger partial charge in [0.05, 0.1) is 0 Å². The van der Waals surface area contributed by atoms with Crippen LogP contribution in [0.1, 0.15) is 24.9 Å². The molecule has 3 rings (SSSR count). The van der Waals surface area contributed by atoms with Crippen LogP contribution in [0.15, 0.2) is 52.3 Å². The summed E-state index contributed by atoms with van der Waals surface area (Å²) in [7, 11) is -2.18. The van der Waals surface area contributed by atoms with Crippen molar-refractivity contribution in [2.45, 2.75) is 24.3 Å². The highest BCUT2D eigenvalue weighted by molar-refractivity contribution is 7.89. The van der Waals surface area contributed by atoms with Crippen LogP contribution in [0.4, 0.5) is 0 Å². The summed E-state index contributed by atoms with van der Waals surface area (Å²) >= 11 is 0. The Morgan fingerprint density at radius 1 is 1.17 bits per heavy atom. The minimum Gasteiger partial charge on any atom is -0.265 e. The number of fused-ring (bicyclic) bond motifs is 1. The molecule has 2 heterocycles. The van der Waals surface area contributed by atoms with Gasteiger partial charge in [0.15, 0.2) is 5.52 Å². The Balaban J connectivity index is 2.06. The van der Waals surface area contributed by atoms with Gasteiger partial charge in [-0.3, -0.25) is 4.98 Å². The molecule has 8 heteroatoms. The van der Waals surface area contributed by atoms with Gasteiger partial charge in [0, 0.05) is 25.5 Å². The number of sulfonamides is 1. The van der Waals surface area contributed by atoms with Crippen LogP contribution >= 0.6 is 0 Å². The van der Waals surface area contributed by atoms with Crippen LogP contribution in [0, 0.1) is 0 Å². The van der Waals surface area contributed by atoms with Crippen LogP contribution in [-0.2, 0) is 10.0 Å². The normalized spacial score (nSPS) is 13.5. The van der Waals surface area contributed by atoms with E-state index in [1.165, 1.54) is 10.4 Å².